The summed E-state index contributed by atoms with van der Waals surface area (Å²) in [5.41, 5.74) is 0.675. The Morgan fingerprint density at radius 2 is 1.86 bits per heavy atom. The number of nitrogens with zero attached hydrogens (tertiary/aromatic N) is 3. The largest absolute Gasteiger partial charge is 0.444 e. The van der Waals surface area contributed by atoms with Crippen LogP contribution < -0.4 is 0 Å². The van der Waals surface area contributed by atoms with E-state index in [2.05, 4.69) is 5.10 Å². The molecule has 0 aromatic carbocycles. The number of hydrogen-bond acceptors (Lipinski definition) is 4. The van der Waals surface area contributed by atoms with E-state index >= 15 is 0 Å². The number of carbonyl (C=O) groups excluding carboxylic acids is 2. The fourth-order valence-electron chi connectivity index (χ4n) is 2.13. The Morgan fingerprint density at radius 1 is 1.32 bits per heavy atom. The normalized spacial score (nSPS) is 13.6. The highest BCUT2D eigenvalue weighted by Crippen LogP contribution is 2.30. The smallest absolute Gasteiger partial charge is 0.410 e. The van der Waals surface area contributed by atoms with Gasteiger partial charge in [-0.25, -0.2) is 4.79 Å². The van der Waals surface area contributed by atoms with E-state index in [0.29, 0.717) is 0 Å². The van der Waals surface area contributed by atoms with Crippen LogP contribution >= 0.6 is 0 Å². The van der Waals surface area contributed by atoms with Crippen molar-refractivity contribution in [2.24, 2.45) is 7.05 Å². The average molecular weight is 309 g/mol. The van der Waals surface area contributed by atoms with Crippen molar-refractivity contribution >= 4 is 12.4 Å². The van der Waals surface area contributed by atoms with Crippen molar-refractivity contribution in [3.05, 3.63) is 17.5 Å². The Hall–Kier alpha value is -1.85. The molecule has 1 aromatic rings. The van der Waals surface area contributed by atoms with Gasteiger partial charge in [0, 0.05) is 31.3 Å². The number of likely N-dealkylation sites (N-methyl/N-ethyl adjacent to an activating group) is 1. The van der Waals surface area contributed by atoms with Gasteiger partial charge in [-0.3, -0.25) is 9.58 Å². The fraction of sp³-hybridized carbons (Fsp3) is 0.688. The van der Waals surface area contributed by atoms with Crippen LogP contribution in [0, 0.1) is 0 Å². The van der Waals surface area contributed by atoms with Crippen LogP contribution in [0.4, 0.5) is 4.79 Å². The van der Waals surface area contributed by atoms with Gasteiger partial charge < -0.3 is 9.53 Å². The van der Waals surface area contributed by atoms with Crippen LogP contribution in [-0.2, 0) is 22.0 Å². The second-order valence-corrected chi connectivity index (χ2v) is 7.53. The highest BCUT2D eigenvalue weighted by molar-refractivity contribution is 5.75. The van der Waals surface area contributed by atoms with Crippen LogP contribution in [0.25, 0.3) is 0 Å². The van der Waals surface area contributed by atoms with E-state index in [1.165, 1.54) is 4.90 Å². The summed E-state index contributed by atoms with van der Waals surface area (Å²) in [4.78, 5) is 25.1. The third-order valence-electron chi connectivity index (χ3n) is 3.11. The summed E-state index contributed by atoms with van der Waals surface area (Å²) in [6.07, 6.45) is 1.99. The molecule has 0 N–H and O–H groups in total. The van der Waals surface area contributed by atoms with E-state index < -0.39 is 17.7 Å². The molecule has 6 nitrogen and oxygen atoms in total. The van der Waals surface area contributed by atoms with Crippen LogP contribution in [0.2, 0.25) is 0 Å². The lowest BCUT2D eigenvalue weighted by molar-refractivity contribution is -0.112. The summed E-state index contributed by atoms with van der Waals surface area (Å²) in [7, 11) is 3.36. The molecule has 1 aromatic heterocycles. The maximum Gasteiger partial charge on any atom is 0.410 e. The first-order valence-electron chi connectivity index (χ1n) is 7.32. The second-order valence-electron chi connectivity index (χ2n) is 7.53. The van der Waals surface area contributed by atoms with Gasteiger partial charge in [0.15, 0.2) is 0 Å². The summed E-state index contributed by atoms with van der Waals surface area (Å²) in [5.74, 6) is 0. The van der Waals surface area contributed by atoms with E-state index in [4.69, 9.17) is 4.74 Å². The van der Waals surface area contributed by atoms with Gasteiger partial charge >= 0.3 is 6.09 Å². The number of hydrogen-bond donors (Lipinski definition) is 0. The van der Waals surface area contributed by atoms with E-state index in [9.17, 15) is 9.59 Å². The number of aromatic nitrogens is 2. The Balaban J connectivity index is 3.17. The molecule has 0 aliphatic carbocycles. The number of rotatable bonds is 3. The molecule has 22 heavy (non-hydrogen) atoms. The highest BCUT2D eigenvalue weighted by atomic mass is 16.6. The molecule has 1 atom stereocenters. The third-order valence-corrected chi connectivity index (χ3v) is 3.11. The van der Waals surface area contributed by atoms with E-state index in [-0.39, 0.29) is 5.41 Å². The molecule has 1 rings (SSSR count). The van der Waals surface area contributed by atoms with Gasteiger partial charge in [-0.1, -0.05) is 20.8 Å². The first kappa shape index (κ1) is 18.2. The van der Waals surface area contributed by atoms with Crippen LogP contribution in [-0.4, -0.2) is 39.7 Å². The molecule has 0 fully saturated rings. The lowest BCUT2D eigenvalue weighted by Gasteiger charge is -2.29. The number of aldehydes is 1. The molecule has 0 saturated heterocycles. The van der Waals surface area contributed by atoms with Crippen LogP contribution in [0.15, 0.2) is 6.20 Å². The predicted octanol–water partition coefficient (Wildman–Crippen LogP) is 2.82. The van der Waals surface area contributed by atoms with Gasteiger partial charge in [0.2, 0.25) is 0 Å². The molecular weight excluding hydrogens is 282 g/mol. The molecular formula is C16H27N3O3. The molecule has 0 aliphatic rings. The van der Waals surface area contributed by atoms with Crippen LogP contribution in [0.1, 0.15) is 58.8 Å². The molecule has 0 saturated carbocycles. The average Bonchev–Trinajstić information content (AvgIpc) is 2.69. The minimum Gasteiger partial charge on any atom is -0.444 e. The molecule has 124 valence electrons. The van der Waals surface area contributed by atoms with Crippen molar-refractivity contribution in [2.75, 3.05) is 7.05 Å². The van der Waals surface area contributed by atoms with Crippen molar-refractivity contribution in [2.45, 2.75) is 58.6 Å². The Bertz CT molecular complexity index is 550. The quantitative estimate of drug-likeness (QED) is 0.805. The third kappa shape index (κ3) is 4.32. The fourth-order valence-corrected chi connectivity index (χ4v) is 2.13. The molecule has 1 unspecified atom stereocenters. The maximum atomic E-state index is 12.2. The van der Waals surface area contributed by atoms with Crippen molar-refractivity contribution in [3.63, 3.8) is 0 Å². The topological polar surface area (TPSA) is 64.4 Å². The van der Waals surface area contributed by atoms with Gasteiger partial charge in [-0.2, -0.15) is 5.10 Å². The Morgan fingerprint density at radius 3 is 2.27 bits per heavy atom. The molecule has 0 aliphatic heterocycles. The standard InChI is InChI=1S/C16H27N3O3/c1-15(2,3)13-11(9-18(7)17-13)12(10-20)19(8)14(21)22-16(4,5)6/h9-10,12H,1-8H3. The lowest BCUT2D eigenvalue weighted by atomic mass is 9.87. The van der Waals surface area contributed by atoms with E-state index in [0.717, 1.165) is 17.5 Å². The summed E-state index contributed by atoms with van der Waals surface area (Å²) in [6.45, 7) is 11.4. The molecule has 1 amide bonds. The molecule has 6 heteroatoms. The van der Waals surface area contributed by atoms with E-state index in [1.54, 1.807) is 45.7 Å². The van der Waals surface area contributed by atoms with Gasteiger partial charge in [0.25, 0.3) is 0 Å². The number of ether oxygens (including phenoxy) is 1. The molecule has 0 bridgehead atoms. The summed E-state index contributed by atoms with van der Waals surface area (Å²) in [6, 6.07) is -0.724. The molecule has 0 spiro atoms. The van der Waals surface area contributed by atoms with Crippen LogP contribution in [0.3, 0.4) is 0 Å². The minimum atomic E-state index is -0.724. The first-order chi connectivity index (χ1) is 9.86. The SMILES string of the molecule is CN(C(=O)OC(C)(C)C)C(C=O)c1cn(C)nc1C(C)(C)C. The van der Waals surface area contributed by atoms with Crippen molar-refractivity contribution in [1.29, 1.82) is 0 Å². The van der Waals surface area contributed by atoms with Gasteiger partial charge in [-0.05, 0) is 20.8 Å². The summed E-state index contributed by atoms with van der Waals surface area (Å²) in [5, 5.41) is 4.45. The second kappa shape index (κ2) is 6.10. The monoisotopic (exact) mass is 309 g/mol. The highest BCUT2D eigenvalue weighted by Gasteiger charge is 2.32. The van der Waals surface area contributed by atoms with Gasteiger partial charge in [0.1, 0.15) is 17.9 Å². The van der Waals surface area contributed by atoms with Gasteiger partial charge in [-0.15, -0.1) is 0 Å². The van der Waals surface area contributed by atoms with Gasteiger partial charge in [0.05, 0.1) is 5.69 Å². The zero-order valence-electron chi connectivity index (χ0n) is 14.8. The first-order valence-corrected chi connectivity index (χ1v) is 7.32. The molecule has 1 heterocycles. The van der Waals surface area contributed by atoms with E-state index in [1.807, 2.05) is 20.8 Å². The lowest BCUT2D eigenvalue weighted by Crippen LogP contribution is -2.37. The maximum absolute atomic E-state index is 12.2. The molecule has 0 radical (unpaired) electrons. The number of carbonyl (C=O) groups is 2. The predicted molar refractivity (Wildman–Crippen MR) is 84.7 cm³/mol. The Labute approximate surface area is 132 Å². The number of aryl methyl sites for hydroxylation is 1. The summed E-state index contributed by atoms with van der Waals surface area (Å²) >= 11 is 0. The summed E-state index contributed by atoms with van der Waals surface area (Å²) < 4.78 is 7.00. The zero-order valence-corrected chi connectivity index (χ0v) is 14.8. The minimum absolute atomic E-state index is 0.230. The van der Waals surface area contributed by atoms with Crippen molar-refractivity contribution < 1.29 is 14.3 Å². The zero-order chi connectivity index (χ0) is 17.3. The van der Waals surface area contributed by atoms with Crippen molar-refractivity contribution in [1.82, 2.24) is 14.7 Å². The van der Waals surface area contributed by atoms with Crippen LogP contribution in [0.5, 0.6) is 0 Å². The Kier molecular flexibility index (Phi) is 5.05. The van der Waals surface area contributed by atoms with Crippen molar-refractivity contribution in [3.8, 4) is 0 Å². The number of amides is 1.